The number of imide groups is 1. The number of carbonyl (C=O) groups is 3. The zero-order chi connectivity index (χ0) is 34.6. The van der Waals surface area contributed by atoms with Gasteiger partial charge < -0.3 is 15.0 Å². The van der Waals surface area contributed by atoms with Crippen molar-refractivity contribution in [2.45, 2.75) is 38.7 Å². The maximum absolute atomic E-state index is 13.9. The second-order valence-electron chi connectivity index (χ2n) is 10.9. The summed E-state index contributed by atoms with van der Waals surface area (Å²) in [5.74, 6) is -0.681. The summed E-state index contributed by atoms with van der Waals surface area (Å²) in [5, 5.41) is 5.03. The molecular weight excluding hydrogens is 666 g/mol. The average molecular weight is 695 g/mol. The fraction of sp³-hybridized carbons (Fsp3) is 0.355. The van der Waals surface area contributed by atoms with Gasteiger partial charge in [0.05, 0.1) is 39.6 Å². The molecule has 0 aliphatic carbocycles. The second kappa shape index (κ2) is 14.3. The maximum Gasteiger partial charge on any atom is 0.417 e. The Kier molecular flexibility index (Phi) is 10.4. The number of anilines is 1. The van der Waals surface area contributed by atoms with E-state index in [0.717, 1.165) is 24.6 Å². The fourth-order valence-electron chi connectivity index (χ4n) is 5.25. The van der Waals surface area contributed by atoms with E-state index >= 15 is 0 Å². The lowest BCUT2D eigenvalue weighted by Gasteiger charge is -2.32. The van der Waals surface area contributed by atoms with Crippen LogP contribution in [0.4, 0.5) is 37.1 Å². The summed E-state index contributed by atoms with van der Waals surface area (Å²) in [6, 6.07) is 4.15. The Labute approximate surface area is 274 Å². The molecule has 17 heteroatoms. The highest BCUT2D eigenvalue weighted by molar-refractivity contribution is 8.18. The third-order valence-corrected chi connectivity index (χ3v) is 8.40. The molecule has 10 nitrogen and oxygen atoms in total. The van der Waals surface area contributed by atoms with E-state index in [-0.39, 0.29) is 35.6 Å². The quantitative estimate of drug-likeness (QED) is 0.155. The van der Waals surface area contributed by atoms with Gasteiger partial charge in [0.15, 0.2) is 0 Å². The van der Waals surface area contributed by atoms with Gasteiger partial charge in [-0.25, -0.2) is 14.8 Å². The average Bonchev–Trinajstić information content (AvgIpc) is 3.36. The second-order valence-corrected chi connectivity index (χ2v) is 11.9. The largest absolute Gasteiger partial charge is 0.462 e. The third-order valence-electron chi connectivity index (χ3n) is 7.59. The fourth-order valence-corrected chi connectivity index (χ4v) is 5.92. The molecule has 2 aromatic heterocycles. The summed E-state index contributed by atoms with van der Waals surface area (Å²) in [5.41, 5.74) is -3.50. The minimum Gasteiger partial charge on any atom is -0.462 e. The number of thioether (sulfide) groups is 1. The molecule has 0 saturated carbocycles. The topological polar surface area (TPSA) is 126 Å². The monoisotopic (exact) mass is 694 g/mol. The molecule has 3 aromatic rings. The lowest BCUT2D eigenvalue weighted by molar-refractivity contribution is -0.142. The van der Waals surface area contributed by atoms with E-state index < -0.39 is 51.9 Å². The van der Waals surface area contributed by atoms with Crippen LogP contribution < -0.4 is 15.5 Å². The number of hydrogen-bond acceptors (Lipinski definition) is 10. The molecule has 2 aliphatic rings. The van der Waals surface area contributed by atoms with Crippen LogP contribution >= 0.6 is 11.8 Å². The smallest absolute Gasteiger partial charge is 0.417 e. The Bertz CT molecular complexity index is 1740. The van der Waals surface area contributed by atoms with E-state index in [2.05, 4.69) is 25.6 Å². The number of esters is 1. The number of nitrogens with zero attached hydrogens (tertiary/aromatic N) is 4. The lowest BCUT2D eigenvalue weighted by Crippen LogP contribution is -2.38. The Morgan fingerprint density at radius 2 is 1.83 bits per heavy atom. The van der Waals surface area contributed by atoms with Gasteiger partial charge in [-0.3, -0.25) is 19.9 Å². The standard InChI is InChI=1S/C31H28F6N6O4S/c1-2-47-27(45)22-11-18(16-40-25(22)21-4-3-19(30(32,33)34)12-23(21)31(35,36)37)15-38-14-17-6-9-43(10-7-17)28-39-8-5-20(41-28)13-24-26(44)42-29(46)48-24/h3-5,8,11-13,16-17,38H,2,6-7,9-10,14-15H2,1H3,(H,42,44,46)/b24-13-. The van der Waals surface area contributed by atoms with Gasteiger partial charge in [-0.15, -0.1) is 0 Å². The van der Waals surface area contributed by atoms with Crippen molar-refractivity contribution in [1.29, 1.82) is 0 Å². The molecule has 0 bridgehead atoms. The van der Waals surface area contributed by atoms with Crippen LogP contribution in [-0.4, -0.2) is 58.3 Å². The number of pyridine rings is 1. The Balaban J connectivity index is 1.23. The number of rotatable bonds is 9. The number of piperidine rings is 1. The molecule has 5 rings (SSSR count). The number of hydrogen-bond donors (Lipinski definition) is 2. The van der Waals surface area contributed by atoms with E-state index in [0.29, 0.717) is 49.0 Å². The first-order valence-corrected chi connectivity index (χ1v) is 15.5. The molecule has 48 heavy (non-hydrogen) atoms. The molecule has 254 valence electrons. The van der Waals surface area contributed by atoms with Crippen LogP contribution in [0.5, 0.6) is 0 Å². The third kappa shape index (κ3) is 8.31. The van der Waals surface area contributed by atoms with Crippen LogP contribution in [0.25, 0.3) is 17.3 Å². The first-order chi connectivity index (χ1) is 22.7. The van der Waals surface area contributed by atoms with Gasteiger partial charge in [0.25, 0.3) is 11.1 Å². The highest BCUT2D eigenvalue weighted by atomic mass is 32.2. The number of nitrogens with one attached hydrogen (secondary N) is 2. The maximum atomic E-state index is 13.9. The van der Waals surface area contributed by atoms with Gasteiger partial charge in [-0.2, -0.15) is 26.3 Å². The van der Waals surface area contributed by atoms with Crippen LogP contribution in [0.3, 0.4) is 0 Å². The van der Waals surface area contributed by atoms with Crippen molar-refractivity contribution in [3.63, 3.8) is 0 Å². The van der Waals surface area contributed by atoms with E-state index in [4.69, 9.17) is 4.74 Å². The molecule has 2 aliphatic heterocycles. The molecule has 2 fully saturated rings. The van der Waals surface area contributed by atoms with Gasteiger partial charge in [-0.05, 0) is 79.9 Å². The van der Waals surface area contributed by atoms with E-state index in [1.54, 1.807) is 12.3 Å². The van der Waals surface area contributed by atoms with Gasteiger partial charge in [0, 0.05) is 37.6 Å². The van der Waals surface area contributed by atoms with Crippen LogP contribution in [0.1, 0.15) is 52.5 Å². The molecule has 0 unspecified atom stereocenters. The predicted octanol–water partition coefficient (Wildman–Crippen LogP) is 6.08. The molecule has 2 N–H and O–H groups in total. The number of alkyl halides is 6. The normalized spacial score (nSPS) is 16.8. The molecule has 1 aromatic carbocycles. The summed E-state index contributed by atoms with van der Waals surface area (Å²) in [6.45, 7) is 3.53. The molecular formula is C31H28F6N6O4S. The highest BCUT2D eigenvalue weighted by Gasteiger charge is 2.39. The number of aromatic nitrogens is 3. The van der Waals surface area contributed by atoms with Crippen LogP contribution in [0.15, 0.2) is 47.6 Å². The van der Waals surface area contributed by atoms with Gasteiger partial charge >= 0.3 is 18.3 Å². The Morgan fingerprint density at radius 3 is 2.48 bits per heavy atom. The Hall–Kier alpha value is -4.51. The molecule has 0 atom stereocenters. The summed E-state index contributed by atoms with van der Waals surface area (Å²) in [7, 11) is 0. The van der Waals surface area contributed by atoms with Gasteiger partial charge in [-0.1, -0.05) is 6.07 Å². The van der Waals surface area contributed by atoms with Crippen molar-refractivity contribution in [2.24, 2.45) is 5.92 Å². The van der Waals surface area contributed by atoms with Gasteiger partial charge in [0.1, 0.15) is 0 Å². The molecule has 4 heterocycles. The first kappa shape index (κ1) is 34.8. The number of ether oxygens (including phenoxy) is 1. The van der Waals surface area contributed by atoms with Crippen LogP contribution in [0.2, 0.25) is 0 Å². The summed E-state index contributed by atoms with van der Waals surface area (Å²) in [6.07, 6.45) is -4.21. The number of halogens is 6. The van der Waals surface area contributed by atoms with Gasteiger partial charge in [0.2, 0.25) is 5.95 Å². The number of carbonyl (C=O) groups excluding carboxylic acids is 3. The van der Waals surface area contributed by atoms with Crippen molar-refractivity contribution in [1.82, 2.24) is 25.6 Å². The molecule has 0 spiro atoms. The van der Waals surface area contributed by atoms with E-state index in [1.165, 1.54) is 25.3 Å². The zero-order valence-electron chi connectivity index (χ0n) is 25.2. The summed E-state index contributed by atoms with van der Waals surface area (Å²) >= 11 is 0.801. The van der Waals surface area contributed by atoms with Crippen LogP contribution in [-0.2, 0) is 28.4 Å². The van der Waals surface area contributed by atoms with Crippen molar-refractivity contribution >= 4 is 40.9 Å². The van der Waals surface area contributed by atoms with Crippen molar-refractivity contribution in [3.05, 3.63) is 75.6 Å². The molecule has 2 saturated heterocycles. The number of benzene rings is 1. The van der Waals surface area contributed by atoms with E-state index in [9.17, 15) is 40.7 Å². The lowest BCUT2D eigenvalue weighted by atomic mass is 9.96. The van der Waals surface area contributed by atoms with E-state index in [1.807, 2.05) is 4.90 Å². The number of amides is 2. The van der Waals surface area contributed by atoms with Crippen molar-refractivity contribution < 1.29 is 45.5 Å². The molecule has 0 radical (unpaired) electrons. The predicted molar refractivity (Wildman–Crippen MR) is 163 cm³/mol. The summed E-state index contributed by atoms with van der Waals surface area (Å²) < 4.78 is 86.3. The van der Waals surface area contributed by atoms with Crippen molar-refractivity contribution in [3.8, 4) is 11.3 Å². The van der Waals surface area contributed by atoms with Crippen LogP contribution in [0, 0.1) is 5.92 Å². The van der Waals surface area contributed by atoms with Crippen molar-refractivity contribution in [2.75, 3.05) is 31.1 Å². The SMILES string of the molecule is CCOC(=O)c1cc(CNCC2CCN(c3nccc(/C=C4\SC(=O)NC4=O)n3)CC2)cnc1-c1ccc(C(F)(F)F)cc1C(F)(F)F. The highest BCUT2D eigenvalue weighted by Crippen LogP contribution is 2.41. The first-order valence-electron chi connectivity index (χ1n) is 14.7. The minimum atomic E-state index is -5.15. The zero-order valence-corrected chi connectivity index (χ0v) is 26.1. The minimum absolute atomic E-state index is 0.00572. The summed E-state index contributed by atoms with van der Waals surface area (Å²) in [4.78, 5) is 51.2. The molecule has 2 amide bonds. The Morgan fingerprint density at radius 1 is 1.08 bits per heavy atom.